The number of nitrogen functional groups attached to an aromatic ring is 1. The molecule has 1 rings (SSSR count). The molecule has 4 heteroatoms. The SMILES string of the molecule is Nc1ccc(O)c(C(N)CO)c1. The van der Waals surface area contributed by atoms with Crippen molar-refractivity contribution in [3.63, 3.8) is 0 Å². The Bertz CT molecular complexity index is 276. The van der Waals surface area contributed by atoms with E-state index in [4.69, 9.17) is 16.6 Å². The number of aromatic hydroxyl groups is 1. The van der Waals surface area contributed by atoms with Gasteiger partial charge in [0, 0.05) is 11.3 Å². The summed E-state index contributed by atoms with van der Waals surface area (Å²) >= 11 is 0. The number of benzene rings is 1. The summed E-state index contributed by atoms with van der Waals surface area (Å²) in [5.41, 5.74) is 12.0. The Hall–Kier alpha value is -1.26. The van der Waals surface area contributed by atoms with Gasteiger partial charge in [-0.2, -0.15) is 0 Å². The minimum Gasteiger partial charge on any atom is -0.508 e. The van der Waals surface area contributed by atoms with Gasteiger partial charge in [-0.3, -0.25) is 0 Å². The van der Waals surface area contributed by atoms with Crippen molar-refractivity contribution in [3.05, 3.63) is 23.8 Å². The molecule has 0 bridgehead atoms. The molecule has 4 nitrogen and oxygen atoms in total. The van der Waals surface area contributed by atoms with Gasteiger partial charge in [-0.15, -0.1) is 0 Å². The van der Waals surface area contributed by atoms with Crippen LogP contribution < -0.4 is 11.5 Å². The number of phenolic OH excluding ortho intramolecular Hbond substituents is 1. The van der Waals surface area contributed by atoms with Crippen LogP contribution in [0, 0.1) is 0 Å². The third-order valence-electron chi connectivity index (χ3n) is 1.65. The topological polar surface area (TPSA) is 92.5 Å². The van der Waals surface area contributed by atoms with Gasteiger partial charge in [0.05, 0.1) is 12.6 Å². The molecule has 0 amide bonds. The molecule has 0 radical (unpaired) electrons. The summed E-state index contributed by atoms with van der Waals surface area (Å²) in [4.78, 5) is 0. The Labute approximate surface area is 70.4 Å². The summed E-state index contributed by atoms with van der Waals surface area (Å²) in [7, 11) is 0. The number of anilines is 1. The molecular formula is C8H12N2O2. The average Bonchev–Trinajstić information content (AvgIpc) is 2.08. The zero-order valence-corrected chi connectivity index (χ0v) is 6.57. The number of hydrogen-bond acceptors (Lipinski definition) is 4. The minimum atomic E-state index is -0.575. The number of phenols is 1. The molecule has 0 aliphatic heterocycles. The summed E-state index contributed by atoms with van der Waals surface area (Å²) in [5.74, 6) is 0.0609. The van der Waals surface area contributed by atoms with Crippen LogP contribution in [-0.2, 0) is 0 Å². The van der Waals surface area contributed by atoms with Crippen molar-refractivity contribution in [2.75, 3.05) is 12.3 Å². The van der Waals surface area contributed by atoms with E-state index in [1.807, 2.05) is 0 Å². The number of aliphatic hydroxyl groups is 1. The number of hydrogen-bond donors (Lipinski definition) is 4. The first-order chi connectivity index (χ1) is 5.65. The predicted octanol–water partition coefficient (Wildman–Crippen LogP) is -0.0335. The first kappa shape index (κ1) is 8.83. The minimum absolute atomic E-state index is 0.0609. The molecule has 0 aliphatic carbocycles. The fourth-order valence-electron chi connectivity index (χ4n) is 0.968. The van der Waals surface area contributed by atoms with Gasteiger partial charge >= 0.3 is 0 Å². The molecule has 1 aromatic carbocycles. The van der Waals surface area contributed by atoms with Crippen molar-refractivity contribution in [1.82, 2.24) is 0 Å². The highest BCUT2D eigenvalue weighted by atomic mass is 16.3. The molecule has 0 saturated carbocycles. The third-order valence-corrected chi connectivity index (χ3v) is 1.65. The molecule has 6 N–H and O–H groups in total. The summed E-state index contributed by atoms with van der Waals surface area (Å²) in [6.45, 7) is -0.211. The lowest BCUT2D eigenvalue weighted by atomic mass is 10.1. The smallest absolute Gasteiger partial charge is 0.120 e. The molecule has 0 heterocycles. The van der Waals surface area contributed by atoms with Crippen molar-refractivity contribution < 1.29 is 10.2 Å². The van der Waals surface area contributed by atoms with Gasteiger partial charge in [0.1, 0.15) is 5.75 Å². The van der Waals surface area contributed by atoms with E-state index in [0.717, 1.165) is 0 Å². The molecule has 1 atom stereocenters. The van der Waals surface area contributed by atoms with Gasteiger partial charge in [-0.25, -0.2) is 0 Å². The lowest BCUT2D eigenvalue weighted by Crippen LogP contribution is -2.14. The van der Waals surface area contributed by atoms with E-state index in [9.17, 15) is 5.11 Å². The van der Waals surface area contributed by atoms with Gasteiger partial charge in [-0.05, 0) is 18.2 Å². The highest BCUT2D eigenvalue weighted by Gasteiger charge is 2.09. The lowest BCUT2D eigenvalue weighted by molar-refractivity contribution is 0.265. The quantitative estimate of drug-likeness (QED) is 0.368. The Morgan fingerprint density at radius 1 is 1.42 bits per heavy atom. The van der Waals surface area contributed by atoms with Crippen LogP contribution in [0.4, 0.5) is 5.69 Å². The summed E-state index contributed by atoms with van der Waals surface area (Å²) in [6.07, 6.45) is 0. The van der Waals surface area contributed by atoms with E-state index >= 15 is 0 Å². The van der Waals surface area contributed by atoms with Crippen molar-refractivity contribution in [3.8, 4) is 5.75 Å². The average molecular weight is 168 g/mol. The van der Waals surface area contributed by atoms with Crippen LogP contribution >= 0.6 is 0 Å². The first-order valence-electron chi connectivity index (χ1n) is 3.60. The Kier molecular flexibility index (Phi) is 2.52. The summed E-state index contributed by atoms with van der Waals surface area (Å²) in [6, 6.07) is 4.01. The van der Waals surface area contributed by atoms with Crippen LogP contribution in [0.1, 0.15) is 11.6 Å². The van der Waals surface area contributed by atoms with Gasteiger partial charge in [0.2, 0.25) is 0 Å². The fourth-order valence-corrected chi connectivity index (χ4v) is 0.968. The van der Waals surface area contributed by atoms with E-state index in [2.05, 4.69) is 0 Å². The maximum atomic E-state index is 9.29. The van der Waals surface area contributed by atoms with E-state index in [1.54, 1.807) is 12.1 Å². The number of rotatable bonds is 2. The van der Waals surface area contributed by atoms with Gasteiger partial charge in [0.25, 0.3) is 0 Å². The first-order valence-corrected chi connectivity index (χ1v) is 3.60. The van der Waals surface area contributed by atoms with Gasteiger partial charge < -0.3 is 21.7 Å². The summed E-state index contributed by atoms with van der Waals surface area (Å²) in [5, 5.41) is 18.0. The van der Waals surface area contributed by atoms with Crippen LogP contribution in [-0.4, -0.2) is 16.8 Å². The van der Waals surface area contributed by atoms with Gasteiger partial charge in [0.15, 0.2) is 0 Å². The normalized spacial score (nSPS) is 12.8. The van der Waals surface area contributed by atoms with Crippen molar-refractivity contribution in [2.24, 2.45) is 5.73 Å². The fraction of sp³-hybridized carbons (Fsp3) is 0.250. The molecule has 12 heavy (non-hydrogen) atoms. The molecule has 1 unspecified atom stereocenters. The predicted molar refractivity (Wildman–Crippen MR) is 46.5 cm³/mol. The second-order valence-corrected chi connectivity index (χ2v) is 2.61. The summed E-state index contributed by atoms with van der Waals surface area (Å²) < 4.78 is 0. The molecule has 0 aromatic heterocycles. The second-order valence-electron chi connectivity index (χ2n) is 2.61. The van der Waals surface area contributed by atoms with E-state index in [1.165, 1.54) is 6.07 Å². The van der Waals surface area contributed by atoms with Crippen LogP contribution in [0.25, 0.3) is 0 Å². The maximum absolute atomic E-state index is 9.29. The molecule has 1 aromatic rings. The highest BCUT2D eigenvalue weighted by Crippen LogP contribution is 2.24. The van der Waals surface area contributed by atoms with Crippen LogP contribution in [0.2, 0.25) is 0 Å². The van der Waals surface area contributed by atoms with Crippen LogP contribution in [0.15, 0.2) is 18.2 Å². The zero-order valence-electron chi connectivity index (χ0n) is 6.57. The molecule has 0 saturated heterocycles. The Balaban J connectivity index is 3.04. The number of aliphatic hydroxyl groups excluding tert-OH is 1. The highest BCUT2D eigenvalue weighted by molar-refractivity contribution is 5.48. The van der Waals surface area contributed by atoms with Gasteiger partial charge in [-0.1, -0.05) is 0 Å². The Morgan fingerprint density at radius 3 is 2.67 bits per heavy atom. The number of nitrogens with two attached hydrogens (primary N) is 2. The van der Waals surface area contributed by atoms with Crippen LogP contribution in [0.3, 0.4) is 0 Å². The molecule has 66 valence electrons. The van der Waals surface area contributed by atoms with Crippen molar-refractivity contribution >= 4 is 5.69 Å². The van der Waals surface area contributed by atoms with E-state index in [0.29, 0.717) is 11.3 Å². The van der Waals surface area contributed by atoms with Crippen LogP contribution in [0.5, 0.6) is 5.75 Å². The third kappa shape index (κ3) is 1.66. The maximum Gasteiger partial charge on any atom is 0.120 e. The van der Waals surface area contributed by atoms with Crippen molar-refractivity contribution in [2.45, 2.75) is 6.04 Å². The van der Waals surface area contributed by atoms with E-state index < -0.39 is 6.04 Å². The second kappa shape index (κ2) is 3.42. The standard InChI is InChI=1S/C8H12N2O2/c9-5-1-2-8(12)6(3-5)7(10)4-11/h1-3,7,11-12H,4,9-10H2. The largest absolute Gasteiger partial charge is 0.508 e. The lowest BCUT2D eigenvalue weighted by Gasteiger charge is -2.10. The van der Waals surface area contributed by atoms with Crippen molar-refractivity contribution in [1.29, 1.82) is 0 Å². The monoisotopic (exact) mass is 168 g/mol. The molecule has 0 spiro atoms. The Morgan fingerprint density at radius 2 is 2.08 bits per heavy atom. The molecule has 0 fully saturated rings. The molecular weight excluding hydrogens is 156 g/mol. The molecule has 0 aliphatic rings. The zero-order chi connectivity index (χ0) is 9.14. The van der Waals surface area contributed by atoms with E-state index in [-0.39, 0.29) is 12.4 Å².